The van der Waals surface area contributed by atoms with Crippen LogP contribution in [0.25, 0.3) is 0 Å². The van der Waals surface area contributed by atoms with E-state index >= 15 is 0 Å². The lowest BCUT2D eigenvalue weighted by Crippen LogP contribution is -2.50. The molecule has 2 aliphatic carbocycles. The third kappa shape index (κ3) is 1.90. The summed E-state index contributed by atoms with van der Waals surface area (Å²) < 4.78 is 0. The van der Waals surface area contributed by atoms with E-state index in [-0.39, 0.29) is 5.54 Å². The summed E-state index contributed by atoms with van der Waals surface area (Å²) in [7, 11) is 0. The van der Waals surface area contributed by atoms with E-state index in [9.17, 15) is 0 Å². The Balaban J connectivity index is 2.47. The van der Waals surface area contributed by atoms with Crippen molar-refractivity contribution in [1.82, 2.24) is 0 Å². The van der Waals surface area contributed by atoms with Gasteiger partial charge >= 0.3 is 0 Å². The summed E-state index contributed by atoms with van der Waals surface area (Å²) in [6.45, 7) is 16.5. The molecule has 98 valence electrons. The lowest BCUT2D eigenvalue weighted by Gasteiger charge is -2.51. The lowest BCUT2D eigenvalue weighted by atomic mass is 9.56. The predicted octanol–water partition coefficient (Wildman–Crippen LogP) is 4.57. The number of fused-ring (bicyclic) bond motifs is 1. The van der Waals surface area contributed by atoms with Crippen molar-refractivity contribution in [1.29, 1.82) is 0 Å². The first-order valence-electron chi connectivity index (χ1n) is 6.98. The van der Waals surface area contributed by atoms with Gasteiger partial charge in [0.1, 0.15) is 0 Å². The average molecular weight is 243 g/mol. The molecule has 1 fully saturated rings. The van der Waals surface area contributed by atoms with Crippen molar-refractivity contribution in [2.24, 2.45) is 22.7 Å². The Bertz CT molecular complexity index is 404. The molecule has 0 bridgehead atoms. The quantitative estimate of drug-likeness (QED) is 0.508. The Hall–Kier alpha value is -1.11. The van der Waals surface area contributed by atoms with Crippen LogP contribution in [0.3, 0.4) is 0 Å². The maximum absolute atomic E-state index is 4.61. The molecule has 0 aromatic carbocycles. The molecule has 0 heterocycles. The highest BCUT2D eigenvalue weighted by Gasteiger charge is 2.50. The van der Waals surface area contributed by atoms with Crippen molar-refractivity contribution in [3.05, 3.63) is 36.5 Å². The van der Waals surface area contributed by atoms with E-state index in [0.29, 0.717) is 17.8 Å². The molecule has 4 atom stereocenters. The molecule has 18 heavy (non-hydrogen) atoms. The molecule has 0 unspecified atom stereocenters. The molecular formula is C17H25N. The highest BCUT2D eigenvalue weighted by molar-refractivity contribution is 5.33. The van der Waals surface area contributed by atoms with Gasteiger partial charge in [-0.2, -0.15) is 0 Å². The van der Waals surface area contributed by atoms with Gasteiger partial charge in [0, 0.05) is 11.8 Å². The molecule has 2 rings (SSSR count). The molecule has 0 radical (unpaired) electrons. The van der Waals surface area contributed by atoms with Crippen LogP contribution in [0, 0.1) is 17.8 Å². The minimum absolute atomic E-state index is 0.0247. The fourth-order valence-electron chi connectivity index (χ4n) is 3.96. The van der Waals surface area contributed by atoms with Crippen LogP contribution >= 0.6 is 0 Å². The van der Waals surface area contributed by atoms with Gasteiger partial charge in [-0.1, -0.05) is 29.9 Å². The van der Waals surface area contributed by atoms with Crippen LogP contribution in [0.5, 0.6) is 0 Å². The molecule has 0 N–H and O–H groups in total. The smallest absolute Gasteiger partial charge is 0.0734 e. The van der Waals surface area contributed by atoms with Gasteiger partial charge in [0.05, 0.1) is 5.54 Å². The van der Waals surface area contributed by atoms with Crippen LogP contribution in [0.2, 0.25) is 0 Å². The Kier molecular flexibility index (Phi) is 3.61. The van der Waals surface area contributed by atoms with Crippen LogP contribution in [0.15, 0.2) is 41.4 Å². The minimum atomic E-state index is -0.0247. The Labute approximate surface area is 111 Å². The SMILES string of the molecule is C=C[C@@H]1CC[C@@H](C(=C)C)[C@H]2C=C(C)CC[C@@]12N=C. The topological polar surface area (TPSA) is 12.4 Å². The van der Waals surface area contributed by atoms with E-state index in [1.165, 1.54) is 24.0 Å². The van der Waals surface area contributed by atoms with Crippen LogP contribution in [0.4, 0.5) is 0 Å². The van der Waals surface area contributed by atoms with Gasteiger partial charge in [-0.15, -0.1) is 6.58 Å². The van der Waals surface area contributed by atoms with Gasteiger partial charge in [-0.3, -0.25) is 4.99 Å². The van der Waals surface area contributed by atoms with E-state index in [2.05, 4.69) is 50.9 Å². The summed E-state index contributed by atoms with van der Waals surface area (Å²) in [4.78, 5) is 4.61. The summed E-state index contributed by atoms with van der Waals surface area (Å²) in [5, 5.41) is 0. The maximum atomic E-state index is 4.61. The van der Waals surface area contributed by atoms with E-state index in [0.717, 1.165) is 12.8 Å². The first-order chi connectivity index (χ1) is 8.55. The number of aliphatic imine (C=N–C) groups is 1. The number of allylic oxidation sites excluding steroid dienone is 2. The zero-order chi connectivity index (χ0) is 13.3. The summed E-state index contributed by atoms with van der Waals surface area (Å²) in [5.74, 6) is 1.50. The first-order valence-corrected chi connectivity index (χ1v) is 6.98. The summed E-state index contributed by atoms with van der Waals surface area (Å²) >= 11 is 0. The van der Waals surface area contributed by atoms with Crippen LogP contribution in [0.1, 0.15) is 39.5 Å². The van der Waals surface area contributed by atoms with Crippen LogP contribution in [-0.2, 0) is 0 Å². The van der Waals surface area contributed by atoms with Crippen molar-refractivity contribution in [3.8, 4) is 0 Å². The van der Waals surface area contributed by atoms with E-state index in [1.54, 1.807) is 0 Å². The van der Waals surface area contributed by atoms with Gasteiger partial charge in [0.15, 0.2) is 0 Å². The molecule has 1 nitrogen and oxygen atoms in total. The monoisotopic (exact) mass is 243 g/mol. The second kappa shape index (κ2) is 4.87. The molecule has 0 aliphatic heterocycles. The van der Waals surface area contributed by atoms with Gasteiger partial charge in [0.25, 0.3) is 0 Å². The van der Waals surface area contributed by atoms with E-state index in [4.69, 9.17) is 0 Å². The molecule has 0 spiro atoms. The van der Waals surface area contributed by atoms with Crippen molar-refractivity contribution >= 4 is 6.72 Å². The summed E-state index contributed by atoms with van der Waals surface area (Å²) in [5.41, 5.74) is 2.76. The van der Waals surface area contributed by atoms with Gasteiger partial charge < -0.3 is 0 Å². The normalized spacial score (nSPS) is 39.4. The highest BCUT2D eigenvalue weighted by atomic mass is 14.9. The fraction of sp³-hybridized carbons (Fsp3) is 0.588. The first kappa shape index (κ1) is 13.3. The third-order valence-corrected chi connectivity index (χ3v) is 5.04. The minimum Gasteiger partial charge on any atom is -0.293 e. The van der Waals surface area contributed by atoms with E-state index in [1.807, 2.05) is 0 Å². The number of hydrogen-bond donors (Lipinski definition) is 0. The fourth-order valence-corrected chi connectivity index (χ4v) is 3.96. The van der Waals surface area contributed by atoms with E-state index < -0.39 is 0 Å². The standard InChI is InChI=1S/C17H25N/c1-6-14-7-8-15(12(2)3)16-11-13(4)9-10-17(14,16)18-5/h6,11,14-16H,1-2,5,7-10H2,3-4H3/t14-,15+,16-,17-/m1/s1. The number of rotatable bonds is 3. The zero-order valence-electron chi connectivity index (χ0n) is 11.8. The average Bonchev–Trinajstić information content (AvgIpc) is 2.36. The zero-order valence-corrected chi connectivity index (χ0v) is 11.8. The molecule has 1 saturated carbocycles. The summed E-state index contributed by atoms with van der Waals surface area (Å²) in [6, 6.07) is 0. The second-order valence-corrected chi connectivity index (χ2v) is 6.06. The van der Waals surface area contributed by atoms with Gasteiger partial charge in [0.2, 0.25) is 0 Å². The van der Waals surface area contributed by atoms with Crippen molar-refractivity contribution < 1.29 is 0 Å². The molecule has 2 aliphatic rings. The molecule has 0 aromatic heterocycles. The van der Waals surface area contributed by atoms with Gasteiger partial charge in [-0.05, 0) is 52.2 Å². The largest absolute Gasteiger partial charge is 0.293 e. The van der Waals surface area contributed by atoms with Gasteiger partial charge in [-0.25, -0.2) is 0 Å². The Morgan fingerprint density at radius 3 is 2.78 bits per heavy atom. The molecule has 0 amide bonds. The molecular weight excluding hydrogens is 218 g/mol. The Morgan fingerprint density at radius 2 is 2.22 bits per heavy atom. The lowest BCUT2D eigenvalue weighted by molar-refractivity contribution is 0.116. The van der Waals surface area contributed by atoms with Crippen LogP contribution < -0.4 is 0 Å². The number of hydrogen-bond acceptors (Lipinski definition) is 1. The number of nitrogens with zero attached hydrogens (tertiary/aromatic N) is 1. The molecule has 1 heteroatoms. The molecule has 0 saturated heterocycles. The van der Waals surface area contributed by atoms with Crippen molar-refractivity contribution in [3.63, 3.8) is 0 Å². The Morgan fingerprint density at radius 1 is 1.50 bits per heavy atom. The van der Waals surface area contributed by atoms with Crippen molar-refractivity contribution in [2.75, 3.05) is 0 Å². The van der Waals surface area contributed by atoms with Crippen molar-refractivity contribution in [2.45, 2.75) is 45.1 Å². The maximum Gasteiger partial charge on any atom is 0.0734 e. The highest BCUT2D eigenvalue weighted by Crippen LogP contribution is 2.52. The second-order valence-electron chi connectivity index (χ2n) is 6.06. The summed E-state index contributed by atoms with van der Waals surface area (Å²) in [6.07, 6.45) is 9.17. The third-order valence-electron chi connectivity index (χ3n) is 5.04. The molecule has 0 aromatic rings. The predicted molar refractivity (Wildman–Crippen MR) is 80.0 cm³/mol. The van der Waals surface area contributed by atoms with Crippen LogP contribution in [-0.4, -0.2) is 12.3 Å².